The highest BCUT2D eigenvalue weighted by Gasteiger charge is 2.41. The number of carbonyl (C=O) groups is 1. The molecule has 1 aromatic rings. The fraction of sp³-hybridized carbons (Fsp3) is 0.667. The average molecular weight is 344 g/mol. The third-order valence-corrected chi connectivity index (χ3v) is 6.36. The van der Waals surface area contributed by atoms with E-state index in [4.69, 9.17) is 0 Å². The van der Waals surface area contributed by atoms with Gasteiger partial charge in [0.1, 0.15) is 0 Å². The number of amides is 1. The van der Waals surface area contributed by atoms with Gasteiger partial charge in [-0.1, -0.05) is 44.2 Å². The largest absolute Gasteiger partial charge is 0.396 e. The molecule has 0 bridgehead atoms. The fourth-order valence-electron chi connectivity index (χ4n) is 4.05. The molecule has 0 atom stereocenters. The molecule has 4 heteroatoms. The van der Waals surface area contributed by atoms with E-state index >= 15 is 0 Å². The summed E-state index contributed by atoms with van der Waals surface area (Å²) in [5, 5.41) is 9.52. The minimum Gasteiger partial charge on any atom is -0.396 e. The van der Waals surface area contributed by atoms with Gasteiger partial charge in [-0.3, -0.25) is 9.69 Å². The molecule has 2 fully saturated rings. The minimum absolute atomic E-state index is 0.00324. The van der Waals surface area contributed by atoms with Crippen LogP contribution in [0.15, 0.2) is 30.3 Å². The van der Waals surface area contributed by atoms with E-state index in [1.54, 1.807) is 0 Å². The van der Waals surface area contributed by atoms with Crippen LogP contribution in [0.5, 0.6) is 0 Å². The van der Waals surface area contributed by atoms with Crippen LogP contribution in [-0.2, 0) is 11.3 Å². The number of rotatable bonds is 4. The summed E-state index contributed by atoms with van der Waals surface area (Å²) in [6.45, 7) is 9.02. The van der Waals surface area contributed by atoms with Gasteiger partial charge in [0.05, 0.1) is 0 Å². The van der Waals surface area contributed by atoms with Crippen molar-refractivity contribution in [1.82, 2.24) is 9.80 Å². The van der Waals surface area contributed by atoms with E-state index in [0.29, 0.717) is 5.91 Å². The smallest absolute Gasteiger partial charge is 0.228 e. The van der Waals surface area contributed by atoms with Gasteiger partial charge in [0.25, 0.3) is 0 Å². The Morgan fingerprint density at radius 3 is 2.16 bits per heavy atom. The van der Waals surface area contributed by atoms with Crippen molar-refractivity contribution >= 4 is 5.91 Å². The van der Waals surface area contributed by atoms with Crippen molar-refractivity contribution in [2.24, 2.45) is 10.8 Å². The third kappa shape index (κ3) is 4.24. The molecule has 138 valence electrons. The van der Waals surface area contributed by atoms with Crippen LogP contribution in [0.4, 0.5) is 0 Å². The van der Waals surface area contributed by atoms with Gasteiger partial charge in [-0.2, -0.15) is 0 Å². The molecular weight excluding hydrogens is 312 g/mol. The molecule has 2 saturated heterocycles. The van der Waals surface area contributed by atoms with Crippen LogP contribution in [-0.4, -0.2) is 53.6 Å². The number of hydrogen-bond donors (Lipinski definition) is 1. The standard InChI is InChI=1S/C21H32N2O2/c1-20(17-24)8-14-23(15-9-20)19(25)21(2)10-12-22(13-11-21)16-18-6-4-3-5-7-18/h3-7,24H,8-17H2,1-2H3. The van der Waals surface area contributed by atoms with Crippen molar-refractivity contribution < 1.29 is 9.90 Å². The molecule has 1 amide bonds. The first kappa shape index (κ1) is 18.4. The van der Waals surface area contributed by atoms with Crippen molar-refractivity contribution in [3.63, 3.8) is 0 Å². The normalized spacial score (nSPS) is 23.4. The zero-order valence-corrected chi connectivity index (χ0v) is 15.7. The van der Waals surface area contributed by atoms with Gasteiger partial charge in [-0.15, -0.1) is 0 Å². The lowest BCUT2D eigenvalue weighted by atomic mass is 9.76. The molecule has 0 aliphatic carbocycles. The summed E-state index contributed by atoms with van der Waals surface area (Å²) >= 11 is 0. The number of nitrogens with zero attached hydrogens (tertiary/aromatic N) is 2. The summed E-state index contributed by atoms with van der Waals surface area (Å²) in [7, 11) is 0. The number of carbonyl (C=O) groups excluding carboxylic acids is 1. The molecule has 2 aliphatic rings. The summed E-state index contributed by atoms with van der Waals surface area (Å²) in [6, 6.07) is 10.6. The second-order valence-corrected chi connectivity index (χ2v) is 8.58. The Labute approximate surface area is 151 Å². The summed E-state index contributed by atoms with van der Waals surface area (Å²) in [4.78, 5) is 17.6. The van der Waals surface area contributed by atoms with Crippen molar-refractivity contribution in [3.05, 3.63) is 35.9 Å². The molecule has 2 aliphatic heterocycles. The lowest BCUT2D eigenvalue weighted by Crippen LogP contribution is -2.52. The van der Waals surface area contributed by atoms with Crippen LogP contribution < -0.4 is 0 Å². The van der Waals surface area contributed by atoms with Gasteiger partial charge in [0, 0.05) is 31.7 Å². The maximum Gasteiger partial charge on any atom is 0.228 e. The van der Waals surface area contributed by atoms with E-state index < -0.39 is 0 Å². The number of aliphatic hydroxyl groups is 1. The molecule has 0 saturated carbocycles. The van der Waals surface area contributed by atoms with Gasteiger partial charge in [0.15, 0.2) is 0 Å². The Morgan fingerprint density at radius 1 is 1.00 bits per heavy atom. The number of piperidine rings is 2. The number of likely N-dealkylation sites (tertiary alicyclic amines) is 2. The number of hydrogen-bond acceptors (Lipinski definition) is 3. The van der Waals surface area contributed by atoms with E-state index in [1.165, 1.54) is 5.56 Å². The second-order valence-electron chi connectivity index (χ2n) is 8.58. The SMILES string of the molecule is CC1(CO)CCN(C(=O)C2(C)CCN(Cc3ccccc3)CC2)CC1. The Morgan fingerprint density at radius 2 is 1.60 bits per heavy atom. The van der Waals surface area contributed by atoms with Crippen molar-refractivity contribution in [2.75, 3.05) is 32.8 Å². The molecule has 2 heterocycles. The molecular formula is C21H32N2O2. The molecule has 3 rings (SSSR count). The van der Waals surface area contributed by atoms with Crippen LogP contribution in [0.25, 0.3) is 0 Å². The van der Waals surface area contributed by atoms with Crippen molar-refractivity contribution in [3.8, 4) is 0 Å². The highest BCUT2D eigenvalue weighted by Crippen LogP contribution is 2.37. The van der Waals surface area contributed by atoms with E-state index in [9.17, 15) is 9.90 Å². The first-order valence-corrected chi connectivity index (χ1v) is 9.61. The molecule has 0 aromatic heterocycles. The highest BCUT2D eigenvalue weighted by molar-refractivity contribution is 5.82. The number of benzene rings is 1. The maximum atomic E-state index is 13.1. The van der Waals surface area contributed by atoms with Crippen molar-refractivity contribution in [2.45, 2.75) is 46.1 Å². The van der Waals surface area contributed by atoms with Crippen LogP contribution >= 0.6 is 0 Å². The highest BCUT2D eigenvalue weighted by atomic mass is 16.3. The topological polar surface area (TPSA) is 43.8 Å². The molecule has 0 radical (unpaired) electrons. The predicted molar refractivity (Wildman–Crippen MR) is 100 cm³/mol. The molecule has 0 spiro atoms. The van der Waals surface area contributed by atoms with Crippen LogP contribution in [0.1, 0.15) is 45.1 Å². The molecule has 1 N–H and O–H groups in total. The Bertz CT molecular complexity index is 571. The van der Waals surface area contributed by atoms with Crippen LogP contribution in [0.3, 0.4) is 0 Å². The predicted octanol–water partition coefficient (Wildman–Crippen LogP) is 2.91. The molecule has 0 unspecified atom stereocenters. The van der Waals surface area contributed by atoms with Gasteiger partial charge < -0.3 is 10.0 Å². The zero-order valence-electron chi connectivity index (χ0n) is 15.7. The second kappa shape index (κ2) is 7.46. The first-order valence-electron chi connectivity index (χ1n) is 9.61. The maximum absolute atomic E-state index is 13.1. The third-order valence-electron chi connectivity index (χ3n) is 6.36. The van der Waals surface area contributed by atoms with Gasteiger partial charge in [-0.25, -0.2) is 0 Å². The first-order chi connectivity index (χ1) is 11.9. The lowest BCUT2D eigenvalue weighted by Gasteiger charge is -2.44. The van der Waals surface area contributed by atoms with E-state index in [-0.39, 0.29) is 17.4 Å². The molecule has 1 aromatic carbocycles. The molecule has 25 heavy (non-hydrogen) atoms. The zero-order chi connectivity index (χ0) is 17.9. The van der Waals surface area contributed by atoms with Gasteiger partial charge in [0.2, 0.25) is 5.91 Å². The lowest BCUT2D eigenvalue weighted by molar-refractivity contribution is -0.146. The van der Waals surface area contributed by atoms with Gasteiger partial charge >= 0.3 is 0 Å². The van der Waals surface area contributed by atoms with E-state index in [0.717, 1.165) is 58.4 Å². The monoisotopic (exact) mass is 344 g/mol. The Balaban J connectivity index is 1.53. The summed E-state index contributed by atoms with van der Waals surface area (Å²) in [6.07, 6.45) is 3.69. The fourth-order valence-corrected chi connectivity index (χ4v) is 4.05. The molecule has 4 nitrogen and oxygen atoms in total. The quantitative estimate of drug-likeness (QED) is 0.913. The Kier molecular flexibility index (Phi) is 5.49. The van der Waals surface area contributed by atoms with E-state index in [1.807, 2.05) is 4.90 Å². The van der Waals surface area contributed by atoms with Gasteiger partial charge in [-0.05, 0) is 49.8 Å². The average Bonchev–Trinajstić information content (AvgIpc) is 2.65. The van der Waals surface area contributed by atoms with Crippen molar-refractivity contribution in [1.29, 1.82) is 0 Å². The van der Waals surface area contributed by atoms with E-state index in [2.05, 4.69) is 49.1 Å². The van der Waals surface area contributed by atoms with Crippen LogP contribution in [0.2, 0.25) is 0 Å². The Hall–Kier alpha value is -1.39. The number of aliphatic hydroxyl groups excluding tert-OH is 1. The summed E-state index contributed by atoms with van der Waals surface area (Å²) in [5.74, 6) is 0.326. The summed E-state index contributed by atoms with van der Waals surface area (Å²) < 4.78 is 0. The van der Waals surface area contributed by atoms with Crippen LogP contribution in [0, 0.1) is 10.8 Å². The minimum atomic E-state index is -0.222. The summed E-state index contributed by atoms with van der Waals surface area (Å²) in [5.41, 5.74) is 1.12.